The first-order chi connectivity index (χ1) is 17.5. The Kier molecular flexibility index (Phi) is 7.02. The smallest absolute Gasteiger partial charge is 0.337 e. The van der Waals surface area contributed by atoms with E-state index in [1.807, 2.05) is 30.3 Å². The Labute approximate surface area is 217 Å². The lowest BCUT2D eigenvalue weighted by Crippen LogP contribution is -2.24. The number of amides is 1. The van der Waals surface area contributed by atoms with Gasteiger partial charge < -0.3 is 14.8 Å². The third-order valence-corrected chi connectivity index (χ3v) is 7.61. The van der Waals surface area contributed by atoms with E-state index in [0.717, 1.165) is 36.8 Å². The van der Waals surface area contributed by atoms with Crippen molar-refractivity contribution in [2.24, 2.45) is 4.99 Å². The zero-order valence-corrected chi connectivity index (χ0v) is 20.9. The maximum atomic E-state index is 13.2. The van der Waals surface area contributed by atoms with E-state index in [2.05, 4.69) is 10.3 Å². The van der Waals surface area contributed by atoms with Crippen LogP contribution in [0.25, 0.3) is 11.3 Å². The van der Waals surface area contributed by atoms with Crippen molar-refractivity contribution in [3.8, 4) is 11.3 Å². The molecule has 1 aliphatic rings. The predicted molar refractivity (Wildman–Crippen MR) is 142 cm³/mol. The molecule has 0 spiro atoms. The Balaban J connectivity index is 1.38. The molecule has 182 valence electrons. The highest BCUT2D eigenvalue weighted by Gasteiger charge is 2.25. The number of nitrogens with zero attached hydrogens (tertiary/aromatic N) is 1. The van der Waals surface area contributed by atoms with Crippen LogP contribution in [0.2, 0.25) is 5.02 Å². The first-order valence-electron chi connectivity index (χ1n) is 11.6. The minimum absolute atomic E-state index is 0.0356. The minimum atomic E-state index is -1.08. The van der Waals surface area contributed by atoms with E-state index in [4.69, 9.17) is 16.0 Å². The van der Waals surface area contributed by atoms with Gasteiger partial charge in [-0.15, -0.1) is 11.3 Å². The quantitative estimate of drug-likeness (QED) is 0.260. The highest BCUT2D eigenvalue weighted by atomic mass is 35.5. The molecule has 2 aromatic heterocycles. The lowest BCUT2D eigenvalue weighted by atomic mass is 9.95. The summed E-state index contributed by atoms with van der Waals surface area (Å²) in [4.78, 5) is 30.3. The summed E-state index contributed by atoms with van der Waals surface area (Å²) in [5, 5.41) is 13.0. The van der Waals surface area contributed by atoms with Gasteiger partial charge in [-0.1, -0.05) is 48.0 Å². The number of furan rings is 1. The van der Waals surface area contributed by atoms with Gasteiger partial charge in [0.2, 0.25) is 0 Å². The molecule has 8 heteroatoms. The van der Waals surface area contributed by atoms with Crippen LogP contribution >= 0.6 is 22.9 Å². The fraction of sp³-hybridized carbons (Fsp3) is 0.179. The zero-order chi connectivity index (χ0) is 25.1. The van der Waals surface area contributed by atoms with Crippen molar-refractivity contribution in [1.29, 1.82) is 0 Å². The third-order valence-electron chi connectivity index (χ3n) is 6.10. The number of carbonyl (C=O) groups is 2. The standard InChI is InChI=1S/C28H23ClN2O4S/c29-22-14-18(10-12-20(22)28(33)34)23-13-11-19(35-23)16-31-27-25(21-8-4-5-9-24(21)36-27)26(32)30-15-17-6-2-1-3-7-17/h1-3,6-7,10-14,16H,4-5,8-9,15H2,(H,30,32)(H,33,34). The number of benzene rings is 2. The number of carbonyl (C=O) groups excluding carboxylic acids is 1. The van der Waals surface area contributed by atoms with Crippen LogP contribution in [0.4, 0.5) is 5.00 Å². The molecular weight excluding hydrogens is 496 g/mol. The molecule has 5 rings (SSSR count). The van der Waals surface area contributed by atoms with Crippen LogP contribution in [0.15, 0.2) is 70.1 Å². The molecule has 4 aromatic rings. The molecule has 1 amide bonds. The average Bonchev–Trinajstić information content (AvgIpc) is 3.51. The molecule has 0 saturated heterocycles. The largest absolute Gasteiger partial charge is 0.478 e. The number of nitrogens with one attached hydrogen (secondary N) is 1. The van der Waals surface area contributed by atoms with Crippen LogP contribution in [-0.2, 0) is 19.4 Å². The number of hydrogen-bond donors (Lipinski definition) is 2. The molecule has 36 heavy (non-hydrogen) atoms. The Hall–Kier alpha value is -3.68. The van der Waals surface area contributed by atoms with Crippen molar-refractivity contribution in [1.82, 2.24) is 5.32 Å². The number of fused-ring (bicyclic) bond motifs is 1. The van der Waals surface area contributed by atoms with E-state index in [-0.39, 0.29) is 16.5 Å². The van der Waals surface area contributed by atoms with Gasteiger partial charge in [-0.2, -0.15) is 0 Å². The number of rotatable bonds is 7. The highest BCUT2D eigenvalue weighted by Crippen LogP contribution is 2.40. The van der Waals surface area contributed by atoms with Crippen LogP contribution in [0.3, 0.4) is 0 Å². The van der Waals surface area contributed by atoms with Gasteiger partial charge in [0.1, 0.15) is 16.5 Å². The molecule has 0 atom stereocenters. The van der Waals surface area contributed by atoms with E-state index >= 15 is 0 Å². The molecule has 1 aliphatic carbocycles. The van der Waals surface area contributed by atoms with Crippen molar-refractivity contribution in [2.75, 3.05) is 0 Å². The van der Waals surface area contributed by atoms with Crippen molar-refractivity contribution in [3.63, 3.8) is 0 Å². The van der Waals surface area contributed by atoms with E-state index in [1.165, 1.54) is 10.9 Å². The van der Waals surface area contributed by atoms with Gasteiger partial charge >= 0.3 is 5.97 Å². The van der Waals surface area contributed by atoms with Gasteiger partial charge in [0, 0.05) is 17.0 Å². The van der Waals surface area contributed by atoms with Crippen LogP contribution in [-0.4, -0.2) is 23.2 Å². The second kappa shape index (κ2) is 10.5. The molecule has 2 heterocycles. The Morgan fingerprint density at radius 3 is 2.67 bits per heavy atom. The van der Waals surface area contributed by atoms with Gasteiger partial charge in [-0.05, 0) is 61.1 Å². The second-order valence-electron chi connectivity index (χ2n) is 8.52. The van der Waals surface area contributed by atoms with Gasteiger partial charge in [-0.25, -0.2) is 9.79 Å². The third kappa shape index (κ3) is 5.12. The van der Waals surface area contributed by atoms with Crippen LogP contribution in [0.1, 0.15) is 55.3 Å². The summed E-state index contributed by atoms with van der Waals surface area (Å²) < 4.78 is 5.90. The van der Waals surface area contributed by atoms with E-state index in [9.17, 15) is 14.7 Å². The fourth-order valence-electron chi connectivity index (χ4n) is 4.28. The van der Waals surface area contributed by atoms with Crippen LogP contribution in [0, 0.1) is 0 Å². The van der Waals surface area contributed by atoms with E-state index < -0.39 is 5.97 Å². The molecular formula is C28H23ClN2O4S. The van der Waals surface area contributed by atoms with Crippen LogP contribution < -0.4 is 5.32 Å². The minimum Gasteiger partial charge on any atom is -0.478 e. The Bertz CT molecular complexity index is 1460. The van der Waals surface area contributed by atoms with E-state index in [1.54, 1.807) is 41.8 Å². The maximum absolute atomic E-state index is 13.2. The number of hydrogen-bond acceptors (Lipinski definition) is 5. The Morgan fingerprint density at radius 2 is 1.89 bits per heavy atom. The number of halogens is 1. The average molecular weight is 519 g/mol. The number of thiophene rings is 1. The first kappa shape index (κ1) is 24.0. The molecule has 2 N–H and O–H groups in total. The lowest BCUT2D eigenvalue weighted by molar-refractivity contribution is 0.0696. The highest BCUT2D eigenvalue weighted by molar-refractivity contribution is 7.16. The predicted octanol–water partition coefficient (Wildman–Crippen LogP) is 6.92. The number of aromatic carboxylic acids is 1. The molecule has 0 fully saturated rings. The molecule has 2 aromatic carbocycles. The van der Waals surface area contributed by atoms with Crippen LogP contribution in [0.5, 0.6) is 0 Å². The Morgan fingerprint density at radius 1 is 1.08 bits per heavy atom. The van der Waals surface area contributed by atoms with Crippen molar-refractivity contribution < 1.29 is 19.1 Å². The van der Waals surface area contributed by atoms with Gasteiger partial charge in [-0.3, -0.25) is 4.79 Å². The topological polar surface area (TPSA) is 91.9 Å². The normalized spacial score (nSPS) is 13.0. The molecule has 0 bridgehead atoms. The van der Waals surface area contributed by atoms with E-state index in [0.29, 0.717) is 34.2 Å². The number of aryl methyl sites for hydroxylation is 1. The number of carboxylic acid groups (broad SMARTS) is 1. The number of aliphatic imine (C=N–C) groups is 1. The van der Waals surface area contributed by atoms with Gasteiger partial charge in [0.25, 0.3) is 5.91 Å². The molecule has 0 aliphatic heterocycles. The fourth-order valence-corrected chi connectivity index (χ4v) is 5.78. The monoisotopic (exact) mass is 518 g/mol. The lowest BCUT2D eigenvalue weighted by Gasteiger charge is -2.12. The SMILES string of the molecule is O=C(O)c1ccc(-c2ccc(C=Nc3sc4c(c3C(=O)NCc3ccccc3)CCCC4)o2)cc1Cl. The molecule has 0 radical (unpaired) electrons. The molecule has 0 unspecified atom stereocenters. The summed E-state index contributed by atoms with van der Waals surface area (Å²) in [7, 11) is 0. The molecule has 6 nitrogen and oxygen atoms in total. The molecule has 0 saturated carbocycles. The van der Waals surface area contributed by atoms with Gasteiger partial charge in [0.15, 0.2) is 0 Å². The maximum Gasteiger partial charge on any atom is 0.337 e. The second-order valence-corrected chi connectivity index (χ2v) is 10.0. The summed E-state index contributed by atoms with van der Waals surface area (Å²) >= 11 is 7.67. The van der Waals surface area contributed by atoms with Gasteiger partial charge in [0.05, 0.1) is 22.4 Å². The van der Waals surface area contributed by atoms with Crippen molar-refractivity contribution >= 4 is 46.0 Å². The first-order valence-corrected chi connectivity index (χ1v) is 12.8. The number of carboxylic acids is 1. The summed E-state index contributed by atoms with van der Waals surface area (Å²) in [6.07, 6.45) is 5.64. The van der Waals surface area contributed by atoms with Crippen molar-refractivity contribution in [2.45, 2.75) is 32.2 Å². The summed E-state index contributed by atoms with van der Waals surface area (Å²) in [6, 6.07) is 18.1. The zero-order valence-electron chi connectivity index (χ0n) is 19.3. The van der Waals surface area contributed by atoms with Crippen molar-refractivity contribution in [3.05, 3.63) is 98.6 Å². The summed E-state index contributed by atoms with van der Waals surface area (Å²) in [6.45, 7) is 0.457. The summed E-state index contributed by atoms with van der Waals surface area (Å²) in [5.74, 6) is -0.133. The summed E-state index contributed by atoms with van der Waals surface area (Å²) in [5.41, 5.74) is 3.51.